The van der Waals surface area contributed by atoms with Crippen LogP contribution in [0.1, 0.15) is 25.3 Å². The van der Waals surface area contributed by atoms with Gasteiger partial charge in [0.15, 0.2) is 0 Å². The number of nitrogens with zero attached hydrogens (tertiary/aromatic N) is 3. The van der Waals surface area contributed by atoms with Gasteiger partial charge in [0, 0.05) is 44.8 Å². The molecule has 7 nitrogen and oxygen atoms in total. The maximum absolute atomic E-state index is 13.5. The van der Waals surface area contributed by atoms with Crippen LogP contribution in [0, 0.1) is 5.92 Å². The molecule has 0 bridgehead atoms. The van der Waals surface area contributed by atoms with Gasteiger partial charge in [-0.25, -0.2) is 0 Å². The van der Waals surface area contributed by atoms with Gasteiger partial charge in [0.1, 0.15) is 11.4 Å². The van der Waals surface area contributed by atoms with Crippen LogP contribution in [0.3, 0.4) is 0 Å². The van der Waals surface area contributed by atoms with Crippen LogP contribution in [0.15, 0.2) is 30.0 Å². The lowest BCUT2D eigenvalue weighted by atomic mass is 9.97. The van der Waals surface area contributed by atoms with Crippen LogP contribution in [0.5, 0.6) is 5.75 Å². The third kappa shape index (κ3) is 4.09. The van der Waals surface area contributed by atoms with E-state index in [0.717, 1.165) is 39.0 Å². The quantitative estimate of drug-likeness (QED) is 0.664. The molecule has 0 spiro atoms. The molecule has 3 aliphatic heterocycles. The molecule has 3 aliphatic rings. The SMILES string of the molecule is COc1ccccc1C1=C(N2CCC(C)CC2)C(=O)N(CCN2CCOCC2)C1=O. The number of morpholine rings is 1. The van der Waals surface area contributed by atoms with Crippen LogP contribution in [0.25, 0.3) is 5.57 Å². The minimum Gasteiger partial charge on any atom is -0.496 e. The van der Waals surface area contributed by atoms with Crippen LogP contribution in [-0.4, -0.2) is 86.1 Å². The number of methoxy groups -OCH3 is 1. The number of ether oxygens (including phenoxy) is 2. The highest BCUT2D eigenvalue weighted by Gasteiger charge is 2.42. The first-order valence-corrected chi connectivity index (χ1v) is 10.9. The number of amides is 2. The van der Waals surface area contributed by atoms with Crippen molar-refractivity contribution >= 4 is 17.4 Å². The lowest BCUT2D eigenvalue weighted by molar-refractivity contribution is -0.138. The number of rotatable bonds is 6. The molecule has 0 N–H and O–H groups in total. The Balaban J connectivity index is 1.64. The van der Waals surface area contributed by atoms with Gasteiger partial charge in [-0.2, -0.15) is 0 Å². The van der Waals surface area contributed by atoms with E-state index in [4.69, 9.17) is 9.47 Å². The minimum atomic E-state index is -0.216. The van der Waals surface area contributed by atoms with E-state index in [1.165, 1.54) is 4.90 Å². The summed E-state index contributed by atoms with van der Waals surface area (Å²) < 4.78 is 10.9. The topological polar surface area (TPSA) is 62.3 Å². The highest BCUT2D eigenvalue weighted by atomic mass is 16.5. The van der Waals surface area contributed by atoms with E-state index < -0.39 is 0 Å². The fourth-order valence-corrected chi connectivity index (χ4v) is 4.45. The van der Waals surface area contributed by atoms with Gasteiger partial charge in [-0.05, 0) is 24.8 Å². The van der Waals surface area contributed by atoms with Crippen LogP contribution < -0.4 is 4.74 Å². The summed E-state index contributed by atoms with van der Waals surface area (Å²) in [5, 5.41) is 0. The molecule has 1 aromatic carbocycles. The number of hydrogen-bond acceptors (Lipinski definition) is 6. The van der Waals surface area contributed by atoms with Gasteiger partial charge in [-0.15, -0.1) is 0 Å². The average molecular weight is 414 g/mol. The largest absolute Gasteiger partial charge is 0.496 e. The second-order valence-corrected chi connectivity index (χ2v) is 8.31. The van der Waals surface area contributed by atoms with Crippen LogP contribution in [0.2, 0.25) is 0 Å². The zero-order valence-electron chi connectivity index (χ0n) is 17.9. The number of likely N-dealkylation sites (tertiary alicyclic amines) is 1. The molecule has 0 saturated carbocycles. The fourth-order valence-electron chi connectivity index (χ4n) is 4.45. The highest BCUT2D eigenvalue weighted by Crippen LogP contribution is 2.37. The van der Waals surface area contributed by atoms with Crippen molar-refractivity contribution in [1.29, 1.82) is 0 Å². The summed E-state index contributed by atoms with van der Waals surface area (Å²) in [6.45, 7) is 7.96. The second kappa shape index (κ2) is 9.18. The third-order valence-electron chi connectivity index (χ3n) is 6.36. The standard InChI is InChI=1S/C23H31N3O4/c1-17-7-9-25(10-8-17)21-20(18-5-3-4-6-19(18)29-2)22(27)26(23(21)28)12-11-24-13-15-30-16-14-24/h3-6,17H,7-16H2,1-2H3. The number of benzene rings is 1. The van der Waals surface area contributed by atoms with Gasteiger partial charge in [0.2, 0.25) is 0 Å². The zero-order chi connectivity index (χ0) is 21.1. The lowest BCUT2D eigenvalue weighted by Crippen LogP contribution is -2.44. The van der Waals surface area contributed by atoms with E-state index >= 15 is 0 Å². The predicted molar refractivity (Wildman–Crippen MR) is 114 cm³/mol. The van der Waals surface area contributed by atoms with Crippen LogP contribution in [-0.2, 0) is 14.3 Å². The number of piperidine rings is 1. The van der Waals surface area contributed by atoms with Crippen LogP contribution in [0.4, 0.5) is 0 Å². The number of hydrogen-bond donors (Lipinski definition) is 0. The van der Waals surface area contributed by atoms with Gasteiger partial charge in [-0.1, -0.05) is 25.1 Å². The van der Waals surface area contributed by atoms with E-state index in [1.807, 2.05) is 24.3 Å². The van der Waals surface area contributed by atoms with Crippen molar-refractivity contribution in [3.05, 3.63) is 35.5 Å². The smallest absolute Gasteiger partial charge is 0.277 e. The molecule has 0 atom stereocenters. The van der Waals surface area contributed by atoms with Gasteiger partial charge in [0.25, 0.3) is 11.8 Å². The van der Waals surface area contributed by atoms with Crippen molar-refractivity contribution in [2.75, 3.05) is 59.6 Å². The Labute approximate surface area is 178 Å². The maximum atomic E-state index is 13.5. The molecule has 0 aromatic heterocycles. The number of carbonyl (C=O) groups excluding carboxylic acids is 2. The van der Waals surface area contributed by atoms with Crippen molar-refractivity contribution < 1.29 is 19.1 Å². The molecule has 4 rings (SSSR count). The molecule has 2 fully saturated rings. The summed E-state index contributed by atoms with van der Waals surface area (Å²) in [5.41, 5.74) is 1.72. The van der Waals surface area contributed by atoms with E-state index in [-0.39, 0.29) is 11.8 Å². The Morgan fingerprint density at radius 1 is 1.00 bits per heavy atom. The maximum Gasteiger partial charge on any atom is 0.277 e. The molecular weight excluding hydrogens is 382 g/mol. The van der Waals surface area contributed by atoms with Crippen molar-refractivity contribution in [1.82, 2.24) is 14.7 Å². The summed E-state index contributed by atoms with van der Waals surface area (Å²) in [6, 6.07) is 7.47. The lowest BCUT2D eigenvalue weighted by Gasteiger charge is -2.33. The number of imide groups is 1. The molecule has 0 aliphatic carbocycles. The van der Waals surface area contributed by atoms with Crippen LogP contribution >= 0.6 is 0 Å². The van der Waals surface area contributed by atoms with E-state index in [2.05, 4.69) is 16.7 Å². The molecule has 0 unspecified atom stereocenters. The zero-order valence-corrected chi connectivity index (χ0v) is 17.9. The number of carbonyl (C=O) groups is 2. The molecule has 2 amide bonds. The molecular formula is C23H31N3O4. The molecule has 3 heterocycles. The van der Waals surface area contributed by atoms with Crippen molar-refractivity contribution in [3.8, 4) is 5.75 Å². The number of para-hydroxylation sites is 1. The molecule has 1 aromatic rings. The summed E-state index contributed by atoms with van der Waals surface area (Å²) in [7, 11) is 1.60. The Morgan fingerprint density at radius 2 is 1.70 bits per heavy atom. The molecule has 30 heavy (non-hydrogen) atoms. The Hall–Kier alpha value is -2.38. The normalized spacial score (nSPS) is 21.7. The van der Waals surface area contributed by atoms with E-state index in [1.54, 1.807) is 7.11 Å². The van der Waals surface area contributed by atoms with E-state index in [0.29, 0.717) is 54.8 Å². The second-order valence-electron chi connectivity index (χ2n) is 8.31. The molecule has 2 saturated heterocycles. The first-order chi connectivity index (χ1) is 14.6. The first-order valence-electron chi connectivity index (χ1n) is 10.9. The van der Waals surface area contributed by atoms with Crippen molar-refractivity contribution in [3.63, 3.8) is 0 Å². The predicted octanol–water partition coefficient (Wildman–Crippen LogP) is 1.84. The van der Waals surface area contributed by atoms with Gasteiger partial charge < -0.3 is 14.4 Å². The molecule has 7 heteroatoms. The van der Waals surface area contributed by atoms with Crippen molar-refractivity contribution in [2.24, 2.45) is 5.92 Å². The van der Waals surface area contributed by atoms with Gasteiger partial charge in [0.05, 0.1) is 25.9 Å². The summed E-state index contributed by atoms with van der Waals surface area (Å²) in [5.74, 6) is 0.864. The average Bonchev–Trinajstić information content (AvgIpc) is 3.03. The van der Waals surface area contributed by atoms with Gasteiger partial charge >= 0.3 is 0 Å². The monoisotopic (exact) mass is 413 g/mol. The Bertz CT molecular complexity index is 823. The molecule has 0 radical (unpaired) electrons. The summed E-state index contributed by atoms with van der Waals surface area (Å²) in [6.07, 6.45) is 2.05. The van der Waals surface area contributed by atoms with E-state index in [9.17, 15) is 9.59 Å². The third-order valence-corrected chi connectivity index (χ3v) is 6.36. The molecule has 162 valence electrons. The van der Waals surface area contributed by atoms with Crippen molar-refractivity contribution in [2.45, 2.75) is 19.8 Å². The minimum absolute atomic E-state index is 0.177. The Kier molecular flexibility index (Phi) is 6.39. The summed E-state index contributed by atoms with van der Waals surface area (Å²) >= 11 is 0. The Morgan fingerprint density at radius 3 is 2.40 bits per heavy atom. The highest BCUT2D eigenvalue weighted by molar-refractivity contribution is 6.36. The van der Waals surface area contributed by atoms with Gasteiger partial charge in [-0.3, -0.25) is 19.4 Å². The first kappa shape index (κ1) is 20.9. The summed E-state index contributed by atoms with van der Waals surface area (Å²) in [4.78, 5) is 32.7. The fraction of sp³-hybridized carbons (Fsp3) is 0.565.